The number of amides is 1. The number of sulfone groups is 1. The molecule has 0 saturated carbocycles. The number of nitrogens with zero attached hydrogens (tertiary/aromatic N) is 2. The number of ether oxygens (including phenoxy) is 2. The van der Waals surface area contributed by atoms with Crippen molar-refractivity contribution in [1.29, 1.82) is 0 Å². The van der Waals surface area contributed by atoms with Crippen molar-refractivity contribution in [3.63, 3.8) is 0 Å². The number of anilines is 1. The first-order chi connectivity index (χ1) is 19.4. The number of hydrogen-bond acceptors (Lipinski definition) is 8. The minimum Gasteiger partial charge on any atom is -0.497 e. The number of methoxy groups -OCH3 is 1. The molecule has 0 fully saturated rings. The summed E-state index contributed by atoms with van der Waals surface area (Å²) in [4.78, 5) is 27.8. The van der Waals surface area contributed by atoms with Crippen molar-refractivity contribution < 1.29 is 32.6 Å². The normalized spacial score (nSPS) is 13.6. The van der Waals surface area contributed by atoms with Gasteiger partial charge in [0.05, 0.1) is 17.7 Å². The Bertz CT molecular complexity index is 1520. The van der Waals surface area contributed by atoms with Gasteiger partial charge in [0.15, 0.2) is 4.87 Å². The number of hydrogen-bond donors (Lipinski definition) is 2. The van der Waals surface area contributed by atoms with Gasteiger partial charge in [-0.05, 0) is 73.7 Å². The molecule has 1 unspecified atom stereocenters. The number of carboxylic acid groups (broad SMARTS) is 1. The zero-order valence-electron chi connectivity index (χ0n) is 25.0. The lowest BCUT2D eigenvalue weighted by atomic mass is 9.86. The maximum atomic E-state index is 14.3. The maximum Gasteiger partial charge on any atom is 0.416 e. The van der Waals surface area contributed by atoms with Crippen LogP contribution in [0, 0.1) is 0 Å². The van der Waals surface area contributed by atoms with Gasteiger partial charge in [0.2, 0.25) is 9.84 Å². The second kappa shape index (κ2) is 12.1. The van der Waals surface area contributed by atoms with Crippen LogP contribution < -0.4 is 15.4 Å². The van der Waals surface area contributed by atoms with Crippen molar-refractivity contribution in [2.24, 2.45) is 5.73 Å². The summed E-state index contributed by atoms with van der Waals surface area (Å²) < 4.78 is 39.1. The van der Waals surface area contributed by atoms with Gasteiger partial charge in [-0.1, -0.05) is 51.1 Å². The molecule has 10 nitrogen and oxygen atoms in total. The largest absolute Gasteiger partial charge is 0.497 e. The van der Waals surface area contributed by atoms with E-state index in [1.54, 1.807) is 20.8 Å². The molecule has 2 aromatic carbocycles. The Hall–Kier alpha value is -3.96. The molecule has 226 valence electrons. The first kappa shape index (κ1) is 32.6. The van der Waals surface area contributed by atoms with E-state index in [4.69, 9.17) is 15.2 Å². The number of rotatable bonds is 9. The summed E-state index contributed by atoms with van der Waals surface area (Å²) in [5.74, 6) is -0.958. The molecule has 1 heterocycles. The van der Waals surface area contributed by atoms with E-state index in [2.05, 4.69) is 25.8 Å². The molecule has 3 N–H and O–H groups in total. The van der Waals surface area contributed by atoms with Crippen molar-refractivity contribution >= 4 is 27.7 Å². The summed E-state index contributed by atoms with van der Waals surface area (Å²) in [6.45, 7) is 10.4. The van der Waals surface area contributed by atoms with Crippen LogP contribution in [0.3, 0.4) is 0 Å². The monoisotopic (exact) mass is 597 g/mol. The van der Waals surface area contributed by atoms with E-state index in [1.807, 2.05) is 24.3 Å². The molecule has 3 rings (SSSR count). The molecule has 1 amide bonds. The summed E-state index contributed by atoms with van der Waals surface area (Å²) in [6.07, 6.45) is -1.11. The number of carbonyl (C=O) groups is 2. The topological polar surface area (TPSA) is 149 Å². The van der Waals surface area contributed by atoms with Crippen LogP contribution in [0.15, 0.2) is 71.6 Å². The van der Waals surface area contributed by atoms with E-state index in [9.17, 15) is 23.1 Å². The number of carboxylic acids is 1. The molecular weight excluding hydrogens is 558 g/mol. The van der Waals surface area contributed by atoms with Crippen LogP contribution in [-0.2, 0) is 36.1 Å². The van der Waals surface area contributed by atoms with E-state index < -0.39 is 38.9 Å². The smallest absolute Gasteiger partial charge is 0.416 e. The zero-order chi connectivity index (χ0) is 31.5. The standard InChI is InChI=1S/C31H39N3O7S/c1-29(2,3)22-13-11-21(12-14-22)19-31(32,42(38,39)24-17-15-23(40-7)16-18-24)25-9-8-10-26(33-25)34(20-27(35)36)28(37)41-30(4,5)6/h8-18H,19-20,32H2,1-7H3,(H,35,36). The third kappa shape index (κ3) is 7.46. The zero-order valence-corrected chi connectivity index (χ0v) is 25.9. The van der Waals surface area contributed by atoms with Crippen LogP contribution in [-0.4, -0.2) is 49.8 Å². The number of benzene rings is 2. The fraction of sp³-hybridized carbons (Fsp3) is 0.387. The predicted molar refractivity (Wildman–Crippen MR) is 160 cm³/mol. The molecule has 11 heteroatoms. The lowest BCUT2D eigenvalue weighted by Gasteiger charge is -2.31. The molecule has 42 heavy (non-hydrogen) atoms. The predicted octanol–water partition coefficient (Wildman–Crippen LogP) is 5.04. The van der Waals surface area contributed by atoms with E-state index in [0.29, 0.717) is 11.3 Å². The van der Waals surface area contributed by atoms with Gasteiger partial charge in [-0.25, -0.2) is 18.2 Å². The second-order valence-electron chi connectivity index (χ2n) is 12.0. The van der Waals surface area contributed by atoms with Crippen LogP contribution in [0.1, 0.15) is 58.4 Å². The summed E-state index contributed by atoms with van der Waals surface area (Å²) in [7, 11) is -2.85. The maximum absolute atomic E-state index is 14.3. The first-order valence-corrected chi connectivity index (χ1v) is 14.8. The molecule has 0 saturated heterocycles. The summed E-state index contributed by atoms with van der Waals surface area (Å²) in [6, 6.07) is 17.7. The molecule has 0 spiro atoms. The van der Waals surface area contributed by atoms with Crippen molar-refractivity contribution in [3.8, 4) is 5.75 Å². The molecule has 0 aliphatic carbocycles. The van der Waals surface area contributed by atoms with Gasteiger partial charge < -0.3 is 20.3 Å². The summed E-state index contributed by atoms with van der Waals surface area (Å²) >= 11 is 0. The van der Waals surface area contributed by atoms with E-state index in [1.165, 1.54) is 49.6 Å². The van der Waals surface area contributed by atoms with Crippen molar-refractivity contribution in [3.05, 3.63) is 83.6 Å². The van der Waals surface area contributed by atoms with Gasteiger partial charge in [0, 0.05) is 6.42 Å². The Kier molecular flexibility index (Phi) is 9.38. The van der Waals surface area contributed by atoms with Crippen LogP contribution in [0.25, 0.3) is 0 Å². The summed E-state index contributed by atoms with van der Waals surface area (Å²) in [5.41, 5.74) is 7.47. The van der Waals surface area contributed by atoms with Crippen LogP contribution >= 0.6 is 0 Å². The Morgan fingerprint density at radius 2 is 1.52 bits per heavy atom. The van der Waals surface area contributed by atoms with Crippen molar-refractivity contribution in [2.75, 3.05) is 18.6 Å². The second-order valence-corrected chi connectivity index (χ2v) is 14.2. The Morgan fingerprint density at radius 3 is 2.02 bits per heavy atom. The molecule has 0 aliphatic rings. The van der Waals surface area contributed by atoms with Gasteiger partial charge in [0.25, 0.3) is 0 Å². The molecule has 3 aromatic rings. The lowest BCUT2D eigenvalue weighted by molar-refractivity contribution is -0.135. The fourth-order valence-corrected chi connectivity index (χ4v) is 5.88. The van der Waals surface area contributed by atoms with Gasteiger partial charge in [0.1, 0.15) is 23.7 Å². The highest BCUT2D eigenvalue weighted by Gasteiger charge is 2.45. The van der Waals surface area contributed by atoms with E-state index in [-0.39, 0.29) is 28.2 Å². The van der Waals surface area contributed by atoms with Crippen molar-refractivity contribution in [1.82, 2.24) is 4.98 Å². The summed E-state index contributed by atoms with van der Waals surface area (Å²) in [5, 5.41) is 9.51. The van der Waals surface area contributed by atoms with E-state index in [0.717, 1.165) is 10.5 Å². The highest BCUT2D eigenvalue weighted by atomic mass is 32.2. The number of carbonyl (C=O) groups excluding carboxylic acids is 1. The van der Waals surface area contributed by atoms with Gasteiger partial charge in [-0.2, -0.15) is 0 Å². The van der Waals surface area contributed by atoms with Gasteiger partial charge in [-0.3, -0.25) is 9.69 Å². The molecule has 0 aliphatic heterocycles. The SMILES string of the molecule is COc1ccc(S(=O)(=O)C(N)(Cc2ccc(C(C)(C)C)cc2)c2cccc(N(CC(=O)O)C(=O)OC(C)(C)C)n2)cc1. The lowest BCUT2D eigenvalue weighted by Crippen LogP contribution is -2.48. The molecule has 1 atom stereocenters. The first-order valence-electron chi connectivity index (χ1n) is 13.3. The average Bonchev–Trinajstić information content (AvgIpc) is 2.90. The van der Waals surface area contributed by atoms with E-state index >= 15 is 0 Å². The Balaban J connectivity index is 2.19. The van der Waals surface area contributed by atoms with Crippen molar-refractivity contribution in [2.45, 2.75) is 68.7 Å². The quantitative estimate of drug-likeness (QED) is 0.346. The molecule has 0 bridgehead atoms. The number of nitrogens with two attached hydrogens (primary N) is 1. The minimum absolute atomic E-state index is 0.0566. The number of aromatic nitrogens is 1. The molecule has 0 radical (unpaired) electrons. The third-order valence-corrected chi connectivity index (χ3v) is 8.69. The molecular formula is C31H39N3O7S. The number of aliphatic carboxylic acids is 1. The number of pyridine rings is 1. The molecule has 1 aromatic heterocycles. The van der Waals surface area contributed by atoms with Gasteiger partial charge >= 0.3 is 12.1 Å². The van der Waals surface area contributed by atoms with Crippen LogP contribution in [0.5, 0.6) is 5.75 Å². The third-order valence-electron chi connectivity index (χ3n) is 6.49. The fourth-order valence-electron chi connectivity index (χ4n) is 4.21. The average molecular weight is 598 g/mol. The Labute approximate surface area is 247 Å². The van der Waals surface area contributed by atoms with Gasteiger partial charge in [-0.15, -0.1) is 0 Å². The minimum atomic E-state index is -4.32. The highest BCUT2D eigenvalue weighted by Crippen LogP contribution is 2.35. The van der Waals surface area contributed by atoms with Crippen LogP contribution in [0.4, 0.5) is 10.6 Å². The highest BCUT2D eigenvalue weighted by molar-refractivity contribution is 7.92. The Morgan fingerprint density at radius 1 is 0.929 bits per heavy atom. The van der Waals surface area contributed by atoms with Crippen LogP contribution in [0.2, 0.25) is 0 Å².